The lowest BCUT2D eigenvalue weighted by Crippen LogP contribution is -2.20. The second kappa shape index (κ2) is 7.08. The molecule has 0 saturated carbocycles. The van der Waals surface area contributed by atoms with Crippen LogP contribution >= 0.6 is 0 Å². The number of carbonyl (C=O) groups is 2. The zero-order valence-corrected chi connectivity index (χ0v) is 13.4. The summed E-state index contributed by atoms with van der Waals surface area (Å²) in [5.41, 5.74) is 1.23. The number of aromatic nitrogens is 2. The van der Waals surface area contributed by atoms with Crippen LogP contribution < -0.4 is 10.2 Å². The Morgan fingerprint density at radius 1 is 1.08 bits per heavy atom. The maximum Gasteiger partial charge on any atom is 0.337 e. The summed E-state index contributed by atoms with van der Waals surface area (Å²) in [4.78, 5) is 34.2. The molecule has 1 aromatic carbocycles. The predicted molar refractivity (Wildman–Crippen MR) is 89.2 cm³/mol. The van der Waals surface area contributed by atoms with Crippen molar-refractivity contribution >= 4 is 23.4 Å². The number of anilines is 2. The highest BCUT2D eigenvalue weighted by Gasteiger charge is 2.15. The number of amides is 1. The molecule has 0 bridgehead atoms. The van der Waals surface area contributed by atoms with Crippen LogP contribution in [0.1, 0.15) is 33.7 Å². The van der Waals surface area contributed by atoms with Gasteiger partial charge in [0.05, 0.1) is 25.1 Å². The van der Waals surface area contributed by atoms with Gasteiger partial charge in [-0.2, -0.15) is 0 Å². The molecular weight excluding hydrogens is 308 g/mol. The van der Waals surface area contributed by atoms with E-state index in [1.165, 1.54) is 13.3 Å². The molecule has 2 aromatic rings. The van der Waals surface area contributed by atoms with Crippen molar-refractivity contribution < 1.29 is 14.3 Å². The topological polar surface area (TPSA) is 84.4 Å². The van der Waals surface area contributed by atoms with Gasteiger partial charge in [0.25, 0.3) is 5.91 Å². The van der Waals surface area contributed by atoms with Crippen LogP contribution in [0.15, 0.2) is 36.7 Å². The van der Waals surface area contributed by atoms with Crippen LogP contribution in [0.2, 0.25) is 0 Å². The first kappa shape index (κ1) is 15.9. The lowest BCUT2D eigenvalue weighted by molar-refractivity contribution is 0.0600. The summed E-state index contributed by atoms with van der Waals surface area (Å²) in [7, 11) is 1.32. The van der Waals surface area contributed by atoms with E-state index in [4.69, 9.17) is 0 Å². The van der Waals surface area contributed by atoms with Crippen molar-refractivity contribution in [1.82, 2.24) is 9.97 Å². The molecule has 1 aromatic heterocycles. The molecule has 2 heterocycles. The molecule has 0 aliphatic carbocycles. The van der Waals surface area contributed by atoms with E-state index in [0.29, 0.717) is 11.3 Å². The van der Waals surface area contributed by atoms with Crippen molar-refractivity contribution in [2.24, 2.45) is 0 Å². The first-order valence-corrected chi connectivity index (χ1v) is 7.74. The summed E-state index contributed by atoms with van der Waals surface area (Å²) in [5, 5.41) is 2.72. The Morgan fingerprint density at radius 2 is 1.79 bits per heavy atom. The van der Waals surface area contributed by atoms with E-state index in [0.717, 1.165) is 31.7 Å². The molecule has 1 saturated heterocycles. The van der Waals surface area contributed by atoms with Gasteiger partial charge >= 0.3 is 5.97 Å². The van der Waals surface area contributed by atoms with Crippen LogP contribution in [0.3, 0.4) is 0 Å². The van der Waals surface area contributed by atoms with Gasteiger partial charge in [0.2, 0.25) is 0 Å². The second-order valence-electron chi connectivity index (χ2n) is 5.48. The molecule has 1 aliphatic heterocycles. The number of benzene rings is 1. The fourth-order valence-corrected chi connectivity index (χ4v) is 2.55. The van der Waals surface area contributed by atoms with E-state index in [1.807, 2.05) is 0 Å². The van der Waals surface area contributed by atoms with E-state index in [2.05, 4.69) is 24.9 Å². The van der Waals surface area contributed by atoms with E-state index < -0.39 is 5.97 Å². The summed E-state index contributed by atoms with van der Waals surface area (Å²) in [6.07, 6.45) is 5.42. The van der Waals surface area contributed by atoms with Gasteiger partial charge in [-0.25, -0.2) is 14.8 Å². The third-order valence-corrected chi connectivity index (χ3v) is 3.86. The van der Waals surface area contributed by atoms with E-state index in [-0.39, 0.29) is 11.6 Å². The summed E-state index contributed by atoms with van der Waals surface area (Å²) < 4.78 is 4.63. The summed E-state index contributed by atoms with van der Waals surface area (Å²) in [5.74, 6) is 0.0315. The Balaban J connectivity index is 1.65. The van der Waals surface area contributed by atoms with Crippen molar-refractivity contribution in [2.75, 3.05) is 30.4 Å². The number of hydrogen-bond acceptors (Lipinski definition) is 6. The molecule has 7 nitrogen and oxygen atoms in total. The highest BCUT2D eigenvalue weighted by Crippen LogP contribution is 2.17. The lowest BCUT2D eigenvalue weighted by atomic mass is 10.2. The van der Waals surface area contributed by atoms with Crippen LogP contribution in [-0.2, 0) is 4.74 Å². The zero-order chi connectivity index (χ0) is 16.9. The predicted octanol–water partition coefficient (Wildman–Crippen LogP) is 2.12. The van der Waals surface area contributed by atoms with Crippen molar-refractivity contribution in [3.63, 3.8) is 0 Å². The number of nitrogens with one attached hydrogen (secondary N) is 1. The number of rotatable bonds is 4. The lowest BCUT2D eigenvalue weighted by Gasteiger charge is -2.15. The molecule has 0 radical (unpaired) electrons. The van der Waals surface area contributed by atoms with Gasteiger partial charge in [0.1, 0.15) is 11.5 Å². The first-order valence-electron chi connectivity index (χ1n) is 7.74. The molecule has 7 heteroatoms. The van der Waals surface area contributed by atoms with Crippen LogP contribution in [0, 0.1) is 0 Å². The zero-order valence-electron chi connectivity index (χ0n) is 13.4. The fourth-order valence-electron chi connectivity index (χ4n) is 2.55. The van der Waals surface area contributed by atoms with Crippen molar-refractivity contribution in [1.29, 1.82) is 0 Å². The van der Waals surface area contributed by atoms with Crippen LogP contribution in [0.25, 0.3) is 0 Å². The highest BCUT2D eigenvalue weighted by atomic mass is 16.5. The van der Waals surface area contributed by atoms with E-state index in [9.17, 15) is 9.59 Å². The average Bonchev–Trinajstić information content (AvgIpc) is 3.16. The van der Waals surface area contributed by atoms with Crippen LogP contribution in [-0.4, -0.2) is 42.0 Å². The summed E-state index contributed by atoms with van der Waals surface area (Å²) in [6.45, 7) is 1.96. The molecule has 1 amide bonds. The van der Waals surface area contributed by atoms with Crippen molar-refractivity contribution in [3.8, 4) is 0 Å². The maximum atomic E-state index is 12.2. The molecule has 1 fully saturated rings. The fraction of sp³-hybridized carbons (Fsp3) is 0.294. The third kappa shape index (κ3) is 3.51. The standard InChI is InChI=1S/C17H18N4O3/c1-24-17(23)12-4-6-13(7-5-12)20-16(22)14-10-19-15(11-18-14)21-8-2-3-9-21/h4-7,10-11H,2-3,8-9H2,1H3,(H,20,22). The summed E-state index contributed by atoms with van der Waals surface area (Å²) >= 11 is 0. The molecule has 1 aliphatic rings. The van der Waals surface area contributed by atoms with Crippen LogP contribution in [0.4, 0.5) is 11.5 Å². The number of ether oxygens (including phenoxy) is 1. The Bertz CT molecular complexity index is 723. The minimum atomic E-state index is -0.420. The maximum absolute atomic E-state index is 12.2. The molecule has 3 rings (SSSR count). The Labute approximate surface area is 139 Å². The molecule has 1 N–H and O–H groups in total. The van der Waals surface area contributed by atoms with Crippen molar-refractivity contribution in [3.05, 3.63) is 47.9 Å². The van der Waals surface area contributed by atoms with Gasteiger partial charge in [-0.15, -0.1) is 0 Å². The molecule has 124 valence electrons. The van der Waals surface area contributed by atoms with Crippen molar-refractivity contribution in [2.45, 2.75) is 12.8 Å². The smallest absolute Gasteiger partial charge is 0.337 e. The molecule has 0 unspecified atom stereocenters. The number of hydrogen-bond donors (Lipinski definition) is 1. The second-order valence-corrected chi connectivity index (χ2v) is 5.48. The van der Waals surface area contributed by atoms with E-state index >= 15 is 0 Å². The molecular formula is C17H18N4O3. The minimum absolute atomic E-state index is 0.245. The average molecular weight is 326 g/mol. The third-order valence-electron chi connectivity index (χ3n) is 3.86. The highest BCUT2D eigenvalue weighted by molar-refractivity contribution is 6.03. The molecule has 24 heavy (non-hydrogen) atoms. The van der Waals surface area contributed by atoms with Gasteiger partial charge in [0.15, 0.2) is 0 Å². The monoisotopic (exact) mass is 326 g/mol. The van der Waals surface area contributed by atoms with E-state index in [1.54, 1.807) is 30.5 Å². The number of nitrogens with zero attached hydrogens (tertiary/aromatic N) is 3. The van der Waals surface area contributed by atoms with Gasteiger partial charge in [-0.1, -0.05) is 0 Å². The van der Waals surface area contributed by atoms with Crippen LogP contribution in [0.5, 0.6) is 0 Å². The van der Waals surface area contributed by atoms with Gasteiger partial charge in [-0.05, 0) is 37.1 Å². The first-order chi connectivity index (χ1) is 11.7. The SMILES string of the molecule is COC(=O)c1ccc(NC(=O)c2cnc(N3CCCC3)cn2)cc1. The molecule has 0 atom stereocenters. The number of esters is 1. The Morgan fingerprint density at radius 3 is 2.38 bits per heavy atom. The minimum Gasteiger partial charge on any atom is -0.465 e. The molecule has 0 spiro atoms. The quantitative estimate of drug-likeness (QED) is 0.866. The van der Waals surface area contributed by atoms with Gasteiger partial charge < -0.3 is 15.0 Å². The largest absolute Gasteiger partial charge is 0.465 e. The number of methoxy groups -OCH3 is 1. The summed E-state index contributed by atoms with van der Waals surface area (Å²) in [6, 6.07) is 6.44. The normalized spacial score (nSPS) is 13.6. The Kier molecular flexibility index (Phi) is 4.69. The Hall–Kier alpha value is -2.96. The van der Waals surface area contributed by atoms with Gasteiger partial charge in [0, 0.05) is 18.8 Å². The van der Waals surface area contributed by atoms with Gasteiger partial charge in [-0.3, -0.25) is 4.79 Å². The number of carbonyl (C=O) groups excluding carboxylic acids is 2.